The van der Waals surface area contributed by atoms with Crippen molar-refractivity contribution in [2.75, 3.05) is 0 Å². The van der Waals surface area contributed by atoms with Crippen LogP contribution in [0.4, 0.5) is 0 Å². The fourth-order valence-electron chi connectivity index (χ4n) is 1.07. The fraction of sp³-hybridized carbons (Fsp3) is 0.375. The van der Waals surface area contributed by atoms with Gasteiger partial charge in [0.15, 0.2) is 6.10 Å². The number of hydrogen-bond acceptors (Lipinski definition) is 3. The zero-order chi connectivity index (χ0) is 7.84. The van der Waals surface area contributed by atoms with Crippen LogP contribution in [0, 0.1) is 0 Å². The van der Waals surface area contributed by atoms with E-state index in [0.29, 0.717) is 5.76 Å². The second-order valence-corrected chi connectivity index (χ2v) is 2.45. The maximum atomic E-state index is 10.5. The molecule has 2 rings (SSSR count). The van der Waals surface area contributed by atoms with Crippen LogP contribution in [0.5, 0.6) is 0 Å². The van der Waals surface area contributed by atoms with Crippen LogP contribution in [0.25, 0.3) is 0 Å². The quantitative estimate of drug-likeness (QED) is 0.600. The Morgan fingerprint density at radius 3 is 2.75 bits per heavy atom. The number of β-lactam (4-membered cyclic amide) rings is 1. The molecule has 2 heterocycles. The van der Waals surface area contributed by atoms with E-state index in [1.54, 1.807) is 12.1 Å². The summed E-state index contributed by atoms with van der Waals surface area (Å²) in [4.78, 5) is 10.5. The van der Waals surface area contributed by atoms with Crippen LogP contribution in [0.3, 0.4) is 0 Å². The van der Waals surface area contributed by atoms with E-state index in [2.05, 4.69) is 5.32 Å². The molecular formula is C8H11NO3. The lowest BCUT2D eigenvalue weighted by Crippen LogP contribution is -2.55. The van der Waals surface area contributed by atoms with Crippen molar-refractivity contribution in [3.63, 3.8) is 0 Å². The zero-order valence-corrected chi connectivity index (χ0v) is 5.65. The van der Waals surface area contributed by atoms with Gasteiger partial charge >= 0.3 is 0 Å². The third-order valence-corrected chi connectivity index (χ3v) is 1.73. The molecule has 1 aliphatic rings. The van der Waals surface area contributed by atoms with Gasteiger partial charge in [-0.1, -0.05) is 7.43 Å². The summed E-state index contributed by atoms with van der Waals surface area (Å²) in [5.74, 6) is 0.253. The number of carbonyl (C=O) groups excluding carboxylic acids is 1. The molecule has 1 amide bonds. The van der Waals surface area contributed by atoms with E-state index >= 15 is 0 Å². The number of hydrogen-bond donors (Lipinski definition) is 2. The van der Waals surface area contributed by atoms with Gasteiger partial charge in [-0.05, 0) is 12.1 Å². The van der Waals surface area contributed by atoms with Gasteiger partial charge in [-0.15, -0.1) is 0 Å². The summed E-state index contributed by atoms with van der Waals surface area (Å²) < 4.78 is 4.98. The first-order valence-electron chi connectivity index (χ1n) is 3.31. The number of furan rings is 1. The average Bonchev–Trinajstić information content (AvgIpc) is 2.51. The number of aliphatic hydroxyl groups excluding tert-OH is 1. The molecule has 0 radical (unpaired) electrons. The molecule has 12 heavy (non-hydrogen) atoms. The number of rotatable bonds is 1. The minimum absolute atomic E-state index is 0. The molecule has 1 saturated heterocycles. The summed E-state index contributed by atoms with van der Waals surface area (Å²) in [6.45, 7) is 0. The monoisotopic (exact) mass is 169 g/mol. The standard InChI is InChI=1S/C7H7NO3.CH4/c9-6-5(8-7(6)10)4-2-1-3-11-4;/h1-3,5-6,9H,(H,8,10);1H4/t5-,6+;/m0./s1. The lowest BCUT2D eigenvalue weighted by atomic mass is 10.0. The summed E-state index contributed by atoms with van der Waals surface area (Å²) in [5.41, 5.74) is 0. The van der Waals surface area contributed by atoms with E-state index in [1.807, 2.05) is 0 Å². The number of carbonyl (C=O) groups is 1. The molecule has 1 fully saturated rings. The van der Waals surface area contributed by atoms with Gasteiger partial charge in [0.25, 0.3) is 5.91 Å². The van der Waals surface area contributed by atoms with Crippen LogP contribution in [-0.2, 0) is 4.79 Å². The van der Waals surface area contributed by atoms with Gasteiger partial charge < -0.3 is 14.8 Å². The predicted octanol–water partition coefficient (Wildman–Crippen LogP) is 0.448. The van der Waals surface area contributed by atoms with Gasteiger partial charge in [0.1, 0.15) is 11.8 Å². The molecule has 1 aromatic heterocycles. The molecule has 66 valence electrons. The lowest BCUT2D eigenvalue weighted by molar-refractivity contribution is -0.143. The van der Waals surface area contributed by atoms with Crippen molar-refractivity contribution in [3.8, 4) is 0 Å². The Morgan fingerprint density at radius 2 is 2.33 bits per heavy atom. The fourth-order valence-corrected chi connectivity index (χ4v) is 1.07. The van der Waals surface area contributed by atoms with Gasteiger partial charge in [0, 0.05) is 0 Å². The first-order valence-corrected chi connectivity index (χ1v) is 3.31. The maximum absolute atomic E-state index is 10.5. The Bertz CT molecular complexity index is 268. The summed E-state index contributed by atoms with van der Waals surface area (Å²) in [7, 11) is 0. The number of amides is 1. The molecule has 4 heteroatoms. The minimum Gasteiger partial charge on any atom is -0.467 e. The minimum atomic E-state index is -0.943. The highest BCUT2D eigenvalue weighted by Crippen LogP contribution is 2.24. The van der Waals surface area contributed by atoms with E-state index < -0.39 is 6.10 Å². The molecule has 2 N–H and O–H groups in total. The van der Waals surface area contributed by atoms with E-state index in [9.17, 15) is 4.79 Å². The van der Waals surface area contributed by atoms with Gasteiger partial charge in [-0.3, -0.25) is 4.79 Å². The van der Waals surface area contributed by atoms with Gasteiger partial charge in [-0.2, -0.15) is 0 Å². The Kier molecular flexibility index (Phi) is 2.19. The molecular weight excluding hydrogens is 158 g/mol. The lowest BCUT2D eigenvalue weighted by Gasteiger charge is -2.30. The van der Waals surface area contributed by atoms with Crippen molar-refractivity contribution in [1.82, 2.24) is 5.32 Å². The topological polar surface area (TPSA) is 62.5 Å². The molecule has 0 aromatic carbocycles. The van der Waals surface area contributed by atoms with Crippen LogP contribution < -0.4 is 5.32 Å². The van der Waals surface area contributed by atoms with E-state index in [1.165, 1.54) is 6.26 Å². The van der Waals surface area contributed by atoms with Crippen molar-refractivity contribution < 1.29 is 14.3 Å². The molecule has 2 atom stereocenters. The molecule has 4 nitrogen and oxygen atoms in total. The van der Waals surface area contributed by atoms with E-state index in [-0.39, 0.29) is 19.4 Å². The molecule has 1 aliphatic heterocycles. The van der Waals surface area contributed by atoms with Crippen molar-refractivity contribution in [3.05, 3.63) is 24.2 Å². The highest BCUT2D eigenvalue weighted by Gasteiger charge is 2.40. The number of aliphatic hydroxyl groups is 1. The highest BCUT2D eigenvalue weighted by molar-refractivity contribution is 5.88. The normalized spacial score (nSPS) is 26.9. The largest absolute Gasteiger partial charge is 0.467 e. The summed E-state index contributed by atoms with van der Waals surface area (Å²) in [6, 6.07) is 3.08. The van der Waals surface area contributed by atoms with Crippen LogP contribution in [-0.4, -0.2) is 17.1 Å². The SMILES string of the molecule is C.O=C1N[C@@H](c2ccco2)[C@H]1O. The van der Waals surface area contributed by atoms with Gasteiger partial charge in [0.2, 0.25) is 0 Å². The van der Waals surface area contributed by atoms with Crippen LogP contribution in [0.2, 0.25) is 0 Å². The van der Waals surface area contributed by atoms with Gasteiger partial charge in [0.05, 0.1) is 6.26 Å². The van der Waals surface area contributed by atoms with Crippen molar-refractivity contribution >= 4 is 5.91 Å². The second-order valence-electron chi connectivity index (χ2n) is 2.45. The van der Waals surface area contributed by atoms with Gasteiger partial charge in [-0.25, -0.2) is 0 Å². The van der Waals surface area contributed by atoms with Crippen molar-refractivity contribution in [1.29, 1.82) is 0 Å². The molecule has 0 spiro atoms. The van der Waals surface area contributed by atoms with E-state index in [0.717, 1.165) is 0 Å². The Balaban J connectivity index is 0.000000720. The molecule has 0 unspecified atom stereocenters. The predicted molar refractivity (Wildman–Crippen MR) is 42.3 cm³/mol. The second kappa shape index (κ2) is 2.98. The highest BCUT2D eigenvalue weighted by atomic mass is 16.3. The molecule has 0 bridgehead atoms. The van der Waals surface area contributed by atoms with Crippen molar-refractivity contribution in [2.24, 2.45) is 0 Å². The third-order valence-electron chi connectivity index (χ3n) is 1.73. The number of nitrogens with one attached hydrogen (secondary N) is 1. The summed E-state index contributed by atoms with van der Waals surface area (Å²) in [5, 5.41) is 11.6. The van der Waals surface area contributed by atoms with Crippen LogP contribution in [0.1, 0.15) is 19.2 Å². The summed E-state index contributed by atoms with van der Waals surface area (Å²) in [6.07, 6.45) is 0.563. The van der Waals surface area contributed by atoms with Crippen molar-refractivity contribution in [2.45, 2.75) is 19.6 Å². The Morgan fingerprint density at radius 1 is 1.58 bits per heavy atom. The zero-order valence-electron chi connectivity index (χ0n) is 5.65. The van der Waals surface area contributed by atoms with Crippen LogP contribution in [0.15, 0.2) is 22.8 Å². The average molecular weight is 169 g/mol. The first-order chi connectivity index (χ1) is 5.29. The Hall–Kier alpha value is -1.29. The molecule has 0 aliphatic carbocycles. The first kappa shape index (κ1) is 8.80. The van der Waals surface area contributed by atoms with E-state index in [4.69, 9.17) is 9.52 Å². The Labute approximate surface area is 70.2 Å². The summed E-state index contributed by atoms with van der Waals surface area (Å²) >= 11 is 0. The third kappa shape index (κ3) is 1.10. The van der Waals surface area contributed by atoms with Crippen LogP contribution >= 0.6 is 0 Å². The molecule has 1 aromatic rings. The maximum Gasteiger partial charge on any atom is 0.252 e. The smallest absolute Gasteiger partial charge is 0.252 e. The molecule has 0 saturated carbocycles.